The van der Waals surface area contributed by atoms with Crippen LogP contribution in [0.2, 0.25) is 0 Å². The molecule has 166 valence electrons. The molecule has 0 aliphatic carbocycles. The molecule has 7 N–H and O–H groups in total. The van der Waals surface area contributed by atoms with Crippen LogP contribution in [0, 0.1) is 0 Å². The quantitative estimate of drug-likeness (QED) is 0.258. The van der Waals surface area contributed by atoms with Crippen LogP contribution in [0.1, 0.15) is 11.7 Å². The van der Waals surface area contributed by atoms with Crippen LogP contribution in [0.4, 0.5) is 11.5 Å². The number of aliphatic hydroxyl groups is 1. The number of hydrogen-bond donors (Lipinski definition) is 5. The summed E-state index contributed by atoms with van der Waals surface area (Å²) in [5.74, 6) is 0.660. The Morgan fingerprint density at radius 2 is 1.91 bits per heavy atom. The van der Waals surface area contributed by atoms with Gasteiger partial charge in [0.05, 0.1) is 30.2 Å². The lowest BCUT2D eigenvalue weighted by molar-refractivity contribution is -0.114. The number of aromatic nitrogens is 4. The van der Waals surface area contributed by atoms with Gasteiger partial charge in [-0.3, -0.25) is 4.79 Å². The number of para-hydroxylation sites is 2. The highest BCUT2D eigenvalue weighted by molar-refractivity contribution is 5.92. The SMILES string of the molecule is NCCNc1nonc1-c1nc2ccccc2n1CC(O)c1ccc(NC(=O)CN)cc1. The summed E-state index contributed by atoms with van der Waals surface area (Å²) < 4.78 is 6.80. The van der Waals surface area contributed by atoms with Crippen molar-refractivity contribution < 1.29 is 14.5 Å². The van der Waals surface area contributed by atoms with Crippen LogP contribution in [-0.4, -0.2) is 50.5 Å². The highest BCUT2D eigenvalue weighted by Gasteiger charge is 2.22. The first-order valence-corrected chi connectivity index (χ1v) is 10.1. The van der Waals surface area contributed by atoms with E-state index in [2.05, 4.69) is 25.9 Å². The van der Waals surface area contributed by atoms with E-state index in [0.29, 0.717) is 41.7 Å². The van der Waals surface area contributed by atoms with Crippen molar-refractivity contribution in [2.45, 2.75) is 12.6 Å². The maximum absolute atomic E-state index is 11.5. The van der Waals surface area contributed by atoms with Gasteiger partial charge in [-0.2, -0.15) is 0 Å². The van der Waals surface area contributed by atoms with Crippen LogP contribution in [0.3, 0.4) is 0 Å². The molecule has 1 unspecified atom stereocenters. The van der Waals surface area contributed by atoms with E-state index in [-0.39, 0.29) is 19.0 Å². The molecule has 0 aliphatic heterocycles. The number of benzene rings is 2. The van der Waals surface area contributed by atoms with Gasteiger partial charge in [0, 0.05) is 18.8 Å². The van der Waals surface area contributed by atoms with Gasteiger partial charge in [-0.1, -0.05) is 24.3 Å². The van der Waals surface area contributed by atoms with Crippen molar-refractivity contribution in [1.82, 2.24) is 19.9 Å². The smallest absolute Gasteiger partial charge is 0.238 e. The molecule has 1 atom stereocenters. The first-order valence-electron chi connectivity index (χ1n) is 10.1. The normalized spacial score (nSPS) is 12.1. The Bertz CT molecular complexity index is 1200. The maximum atomic E-state index is 11.5. The molecule has 4 rings (SSSR count). The van der Waals surface area contributed by atoms with Crippen molar-refractivity contribution in [3.8, 4) is 11.5 Å². The summed E-state index contributed by atoms with van der Waals surface area (Å²) in [5.41, 5.74) is 14.2. The van der Waals surface area contributed by atoms with Crippen molar-refractivity contribution >= 4 is 28.4 Å². The number of anilines is 2. The van der Waals surface area contributed by atoms with Crippen LogP contribution >= 0.6 is 0 Å². The minimum atomic E-state index is -0.842. The summed E-state index contributed by atoms with van der Waals surface area (Å²) in [4.78, 5) is 16.1. The Morgan fingerprint density at radius 1 is 1.12 bits per heavy atom. The van der Waals surface area contributed by atoms with E-state index in [1.165, 1.54) is 0 Å². The van der Waals surface area contributed by atoms with E-state index in [0.717, 1.165) is 11.0 Å². The molecule has 11 heteroatoms. The standard InChI is InChI=1S/C21H24N8O3/c22-9-10-24-20-19(27-32-28-20)21-26-15-3-1-2-4-16(15)29(21)12-17(30)13-5-7-14(8-6-13)25-18(31)11-23/h1-8,17,30H,9-12,22-23H2,(H,24,28)(H,25,31). The largest absolute Gasteiger partial charge is 0.387 e. The van der Waals surface area contributed by atoms with Gasteiger partial charge in [0.1, 0.15) is 0 Å². The van der Waals surface area contributed by atoms with E-state index in [4.69, 9.17) is 16.1 Å². The molecule has 0 aliphatic rings. The summed E-state index contributed by atoms with van der Waals surface area (Å²) in [7, 11) is 0. The number of aliphatic hydroxyl groups excluding tert-OH is 1. The van der Waals surface area contributed by atoms with Crippen molar-refractivity contribution in [2.24, 2.45) is 11.5 Å². The summed E-state index contributed by atoms with van der Waals surface area (Å²) >= 11 is 0. The van der Waals surface area contributed by atoms with E-state index in [1.54, 1.807) is 24.3 Å². The monoisotopic (exact) mass is 436 g/mol. The van der Waals surface area contributed by atoms with Crippen molar-refractivity contribution in [1.29, 1.82) is 0 Å². The number of nitrogens with zero attached hydrogens (tertiary/aromatic N) is 4. The second-order valence-electron chi connectivity index (χ2n) is 7.10. The summed E-state index contributed by atoms with van der Waals surface area (Å²) in [6, 6.07) is 14.5. The van der Waals surface area contributed by atoms with Gasteiger partial charge in [0.2, 0.25) is 11.7 Å². The zero-order valence-corrected chi connectivity index (χ0v) is 17.2. The first kappa shape index (κ1) is 21.4. The molecule has 0 fully saturated rings. The van der Waals surface area contributed by atoms with E-state index in [1.807, 2.05) is 28.8 Å². The number of fused-ring (bicyclic) bond motifs is 1. The Kier molecular flexibility index (Phi) is 6.40. The van der Waals surface area contributed by atoms with Crippen molar-refractivity contribution in [2.75, 3.05) is 30.3 Å². The lowest BCUT2D eigenvalue weighted by Crippen LogP contribution is -2.21. The molecule has 2 aromatic carbocycles. The Morgan fingerprint density at radius 3 is 2.66 bits per heavy atom. The molecule has 1 amide bonds. The third-order valence-corrected chi connectivity index (χ3v) is 4.91. The third kappa shape index (κ3) is 4.44. The first-order chi connectivity index (χ1) is 15.6. The molecule has 0 radical (unpaired) electrons. The molecule has 0 bridgehead atoms. The molecule has 0 saturated heterocycles. The molecule has 2 aromatic heterocycles. The fraction of sp³-hybridized carbons (Fsp3) is 0.238. The van der Waals surface area contributed by atoms with Crippen LogP contribution in [0.15, 0.2) is 53.2 Å². The molecule has 0 spiro atoms. The lowest BCUT2D eigenvalue weighted by Gasteiger charge is -2.15. The van der Waals surface area contributed by atoms with Gasteiger partial charge >= 0.3 is 0 Å². The number of imidazole rings is 1. The van der Waals surface area contributed by atoms with Gasteiger partial charge in [0.15, 0.2) is 11.5 Å². The second-order valence-corrected chi connectivity index (χ2v) is 7.10. The van der Waals surface area contributed by atoms with E-state index in [9.17, 15) is 9.90 Å². The van der Waals surface area contributed by atoms with Gasteiger partial charge in [-0.15, -0.1) is 0 Å². The highest BCUT2D eigenvalue weighted by Crippen LogP contribution is 2.30. The molecule has 11 nitrogen and oxygen atoms in total. The predicted molar refractivity (Wildman–Crippen MR) is 120 cm³/mol. The molecule has 0 saturated carbocycles. The summed E-state index contributed by atoms with van der Waals surface area (Å²) in [5, 5.41) is 24.6. The third-order valence-electron chi connectivity index (χ3n) is 4.91. The predicted octanol–water partition coefficient (Wildman–Crippen LogP) is 1.09. The van der Waals surface area contributed by atoms with Crippen LogP contribution in [0.5, 0.6) is 0 Å². The minimum Gasteiger partial charge on any atom is -0.387 e. The molecule has 4 aromatic rings. The topological polar surface area (TPSA) is 170 Å². The minimum absolute atomic E-state index is 0.0973. The number of nitrogens with one attached hydrogen (secondary N) is 2. The number of amides is 1. The number of nitrogens with two attached hydrogens (primary N) is 2. The summed E-state index contributed by atoms with van der Waals surface area (Å²) in [6.07, 6.45) is -0.842. The van der Waals surface area contributed by atoms with Crippen molar-refractivity contribution in [3.05, 3.63) is 54.1 Å². The highest BCUT2D eigenvalue weighted by atomic mass is 16.6. The lowest BCUT2D eigenvalue weighted by atomic mass is 10.1. The maximum Gasteiger partial charge on any atom is 0.238 e. The number of carbonyl (C=O) groups excluding carboxylic acids is 1. The molecule has 2 heterocycles. The number of rotatable bonds is 9. The van der Waals surface area contributed by atoms with Gasteiger partial charge in [-0.25, -0.2) is 9.61 Å². The average Bonchev–Trinajstić information content (AvgIpc) is 3.42. The van der Waals surface area contributed by atoms with Gasteiger partial charge in [-0.05, 0) is 40.1 Å². The number of hydrogen-bond acceptors (Lipinski definition) is 9. The fourth-order valence-electron chi connectivity index (χ4n) is 3.36. The zero-order valence-electron chi connectivity index (χ0n) is 17.2. The Labute approximate surface area is 183 Å². The Hall–Kier alpha value is -3.80. The van der Waals surface area contributed by atoms with Crippen LogP contribution < -0.4 is 22.1 Å². The van der Waals surface area contributed by atoms with Gasteiger partial charge in [0.25, 0.3) is 0 Å². The molecular formula is C21H24N8O3. The number of carbonyl (C=O) groups is 1. The van der Waals surface area contributed by atoms with E-state index < -0.39 is 6.10 Å². The molecule has 32 heavy (non-hydrogen) atoms. The zero-order chi connectivity index (χ0) is 22.5. The fourth-order valence-corrected chi connectivity index (χ4v) is 3.36. The van der Waals surface area contributed by atoms with Crippen LogP contribution in [0.25, 0.3) is 22.6 Å². The van der Waals surface area contributed by atoms with Gasteiger partial charge < -0.3 is 31.8 Å². The van der Waals surface area contributed by atoms with E-state index >= 15 is 0 Å². The second kappa shape index (κ2) is 9.56. The van der Waals surface area contributed by atoms with Crippen molar-refractivity contribution in [3.63, 3.8) is 0 Å². The Balaban J connectivity index is 1.65. The van der Waals surface area contributed by atoms with Crippen LogP contribution in [-0.2, 0) is 11.3 Å². The summed E-state index contributed by atoms with van der Waals surface area (Å²) in [6.45, 7) is 1.04. The molecular weight excluding hydrogens is 412 g/mol. The average molecular weight is 436 g/mol.